The molecule has 0 saturated heterocycles. The summed E-state index contributed by atoms with van der Waals surface area (Å²) in [6.45, 7) is 1.79. The highest BCUT2D eigenvalue weighted by atomic mass is 32.1. The Morgan fingerprint density at radius 1 is 0.969 bits per heavy atom. The van der Waals surface area contributed by atoms with Crippen LogP contribution in [0.1, 0.15) is 27.7 Å². The van der Waals surface area contributed by atoms with Crippen molar-refractivity contribution in [3.8, 4) is 16.2 Å². The molecule has 2 aromatic carbocycles. The van der Waals surface area contributed by atoms with Gasteiger partial charge in [0.05, 0.1) is 7.11 Å². The van der Waals surface area contributed by atoms with Crippen molar-refractivity contribution in [2.75, 3.05) is 13.7 Å². The van der Waals surface area contributed by atoms with Crippen molar-refractivity contribution in [1.82, 2.24) is 4.90 Å². The average Bonchev–Trinajstić information content (AvgIpc) is 3.28. The zero-order valence-corrected chi connectivity index (χ0v) is 18.6. The van der Waals surface area contributed by atoms with Gasteiger partial charge in [-0.25, -0.2) is 9.59 Å². The third-order valence-corrected chi connectivity index (χ3v) is 5.81. The number of thiophene rings is 1. The lowest BCUT2D eigenvalue weighted by Gasteiger charge is -2.22. The number of hydrogen-bond acceptors (Lipinski definition) is 6. The maximum atomic E-state index is 12.2. The fourth-order valence-electron chi connectivity index (χ4n) is 3.07. The van der Waals surface area contributed by atoms with Gasteiger partial charge in [0.15, 0.2) is 6.61 Å². The van der Waals surface area contributed by atoms with Crippen molar-refractivity contribution >= 4 is 29.2 Å². The molecular formula is C24H23NO6S. The summed E-state index contributed by atoms with van der Waals surface area (Å²) in [7, 11) is 1.61. The van der Waals surface area contributed by atoms with Crippen LogP contribution in [-0.4, -0.2) is 41.6 Å². The normalized spacial score (nSPS) is 10.4. The number of carbonyl (C=O) groups is 3. The number of methoxy groups -OCH3 is 1. The van der Waals surface area contributed by atoms with Crippen LogP contribution in [0.4, 0.5) is 0 Å². The van der Waals surface area contributed by atoms with Crippen molar-refractivity contribution in [2.45, 2.75) is 20.0 Å². The predicted octanol–water partition coefficient (Wildman–Crippen LogP) is 4.21. The maximum absolute atomic E-state index is 12.2. The van der Waals surface area contributed by atoms with Gasteiger partial charge in [0.25, 0.3) is 0 Å². The minimum absolute atomic E-state index is 0.0363. The predicted molar refractivity (Wildman–Crippen MR) is 121 cm³/mol. The van der Waals surface area contributed by atoms with E-state index in [1.165, 1.54) is 11.3 Å². The third kappa shape index (κ3) is 6.18. The van der Waals surface area contributed by atoms with Gasteiger partial charge in [-0.2, -0.15) is 0 Å². The Kier molecular flexibility index (Phi) is 7.62. The summed E-state index contributed by atoms with van der Waals surface area (Å²) in [5.74, 6) is -1.14. The lowest BCUT2D eigenvalue weighted by molar-refractivity contribution is -0.140. The van der Waals surface area contributed by atoms with Gasteiger partial charge in [-0.1, -0.05) is 30.3 Å². The molecule has 0 saturated carbocycles. The summed E-state index contributed by atoms with van der Waals surface area (Å²) in [4.78, 5) is 37.7. The number of amides is 1. The summed E-state index contributed by atoms with van der Waals surface area (Å²) >= 11 is 1.23. The lowest BCUT2D eigenvalue weighted by atomic mass is 10.1. The van der Waals surface area contributed by atoms with E-state index in [1.807, 2.05) is 48.5 Å². The Morgan fingerprint density at radius 3 is 2.34 bits per heavy atom. The van der Waals surface area contributed by atoms with E-state index in [0.29, 0.717) is 18.0 Å². The molecule has 0 fully saturated rings. The second kappa shape index (κ2) is 10.6. The highest BCUT2D eigenvalue weighted by Crippen LogP contribution is 2.29. The SMILES string of the molecule is COc1ccc(CN(Cc2cccc(-c3ccc(C(=O)OCC(=O)O)s3)c2)C(C)=O)cc1. The molecule has 3 rings (SSSR count). The Bertz CT molecular complexity index is 1110. The second-order valence-electron chi connectivity index (χ2n) is 7.06. The molecular weight excluding hydrogens is 430 g/mol. The number of esters is 1. The van der Waals surface area contributed by atoms with Crippen LogP contribution in [0, 0.1) is 0 Å². The summed E-state index contributed by atoms with van der Waals surface area (Å²) in [6, 6.07) is 18.7. The van der Waals surface area contributed by atoms with Gasteiger partial charge in [0.1, 0.15) is 10.6 Å². The number of carbonyl (C=O) groups excluding carboxylic acids is 2. The van der Waals surface area contributed by atoms with Gasteiger partial charge < -0.3 is 19.5 Å². The van der Waals surface area contributed by atoms with Crippen LogP contribution >= 0.6 is 11.3 Å². The Labute approximate surface area is 189 Å². The fraction of sp³-hybridized carbons (Fsp3) is 0.208. The lowest BCUT2D eigenvalue weighted by Crippen LogP contribution is -2.27. The third-order valence-electron chi connectivity index (χ3n) is 4.70. The minimum atomic E-state index is -1.20. The second-order valence-corrected chi connectivity index (χ2v) is 8.14. The topological polar surface area (TPSA) is 93.1 Å². The van der Waals surface area contributed by atoms with Crippen molar-refractivity contribution < 1.29 is 29.0 Å². The quantitative estimate of drug-likeness (QED) is 0.488. The summed E-state index contributed by atoms with van der Waals surface area (Å²) < 4.78 is 9.91. The molecule has 32 heavy (non-hydrogen) atoms. The van der Waals surface area contributed by atoms with Crippen molar-refractivity contribution in [2.24, 2.45) is 0 Å². The van der Waals surface area contributed by atoms with E-state index in [2.05, 4.69) is 0 Å². The number of ether oxygens (including phenoxy) is 2. The van der Waals surface area contributed by atoms with Gasteiger partial charge in [-0.3, -0.25) is 4.79 Å². The molecule has 0 radical (unpaired) electrons. The first-order valence-corrected chi connectivity index (χ1v) is 10.6. The van der Waals surface area contributed by atoms with E-state index < -0.39 is 18.5 Å². The molecule has 0 unspecified atom stereocenters. The van der Waals surface area contributed by atoms with E-state index in [4.69, 9.17) is 14.6 Å². The van der Waals surface area contributed by atoms with E-state index in [-0.39, 0.29) is 5.91 Å². The molecule has 0 aliphatic rings. The summed E-state index contributed by atoms with van der Waals surface area (Å²) in [5, 5.41) is 8.64. The Morgan fingerprint density at radius 2 is 1.69 bits per heavy atom. The summed E-state index contributed by atoms with van der Waals surface area (Å²) in [6.07, 6.45) is 0. The number of carboxylic acids is 1. The first-order chi connectivity index (χ1) is 15.4. The molecule has 1 aromatic heterocycles. The molecule has 3 aromatic rings. The maximum Gasteiger partial charge on any atom is 0.348 e. The Balaban J connectivity index is 1.72. The van der Waals surface area contributed by atoms with Crippen molar-refractivity contribution in [1.29, 1.82) is 0 Å². The first kappa shape index (κ1) is 23.0. The largest absolute Gasteiger partial charge is 0.497 e. The molecule has 7 nitrogen and oxygen atoms in total. The van der Waals surface area contributed by atoms with E-state index in [1.54, 1.807) is 31.1 Å². The standard InChI is InChI=1S/C24H23NO6S/c1-16(26)25(13-17-6-8-20(30-2)9-7-17)14-18-4-3-5-19(12-18)21-10-11-22(32-21)24(29)31-15-23(27)28/h3-12H,13-15H2,1-2H3,(H,27,28). The van der Waals surface area contributed by atoms with Crippen LogP contribution in [0.3, 0.4) is 0 Å². The van der Waals surface area contributed by atoms with Crippen molar-refractivity contribution in [3.63, 3.8) is 0 Å². The zero-order chi connectivity index (χ0) is 23.1. The van der Waals surface area contributed by atoms with Crippen LogP contribution in [0.2, 0.25) is 0 Å². The van der Waals surface area contributed by atoms with Crippen LogP contribution in [0.5, 0.6) is 5.75 Å². The van der Waals surface area contributed by atoms with E-state index in [9.17, 15) is 14.4 Å². The van der Waals surface area contributed by atoms with Gasteiger partial charge in [-0.15, -0.1) is 11.3 Å². The molecule has 8 heteroatoms. The molecule has 0 aliphatic heterocycles. The van der Waals surface area contributed by atoms with Crippen LogP contribution in [0.15, 0.2) is 60.7 Å². The minimum Gasteiger partial charge on any atom is -0.497 e. The molecule has 0 spiro atoms. The van der Waals surface area contributed by atoms with Crippen LogP contribution in [-0.2, 0) is 27.4 Å². The monoisotopic (exact) mass is 453 g/mol. The first-order valence-electron chi connectivity index (χ1n) is 9.82. The number of carboxylic acid groups (broad SMARTS) is 1. The smallest absolute Gasteiger partial charge is 0.348 e. The highest BCUT2D eigenvalue weighted by molar-refractivity contribution is 7.17. The molecule has 0 atom stereocenters. The summed E-state index contributed by atoms with van der Waals surface area (Å²) in [5.41, 5.74) is 2.85. The number of nitrogens with zero attached hydrogens (tertiary/aromatic N) is 1. The molecule has 0 aliphatic carbocycles. The van der Waals surface area contributed by atoms with Gasteiger partial charge in [0, 0.05) is 24.9 Å². The van der Waals surface area contributed by atoms with Crippen molar-refractivity contribution in [3.05, 3.63) is 76.7 Å². The number of hydrogen-bond donors (Lipinski definition) is 1. The van der Waals surface area contributed by atoms with Gasteiger partial charge in [-0.05, 0) is 47.0 Å². The van der Waals surface area contributed by atoms with Crippen LogP contribution < -0.4 is 4.74 Å². The number of aliphatic carboxylic acids is 1. The van der Waals surface area contributed by atoms with Gasteiger partial charge >= 0.3 is 11.9 Å². The fourth-order valence-corrected chi connectivity index (χ4v) is 3.97. The molecule has 0 bridgehead atoms. The molecule has 1 N–H and O–H groups in total. The number of benzene rings is 2. The van der Waals surface area contributed by atoms with Gasteiger partial charge in [0.2, 0.25) is 5.91 Å². The van der Waals surface area contributed by atoms with E-state index >= 15 is 0 Å². The van der Waals surface area contributed by atoms with Crippen LogP contribution in [0.25, 0.3) is 10.4 Å². The molecule has 166 valence electrons. The Hall–Kier alpha value is -3.65. The number of rotatable bonds is 9. The highest BCUT2D eigenvalue weighted by Gasteiger charge is 2.15. The zero-order valence-electron chi connectivity index (χ0n) is 17.7. The molecule has 1 amide bonds. The molecule has 1 heterocycles. The van der Waals surface area contributed by atoms with E-state index in [0.717, 1.165) is 27.3 Å². The average molecular weight is 454 g/mol.